The Kier molecular flexibility index (Phi) is 4.49. The van der Waals surface area contributed by atoms with Crippen molar-refractivity contribution in [2.75, 3.05) is 7.11 Å². The first kappa shape index (κ1) is 11.9. The molecule has 1 heterocycles. The minimum Gasteiger partial charge on any atom is -0.373 e. The maximum Gasteiger partial charge on any atom is 0.226 e. The van der Waals surface area contributed by atoms with Crippen LogP contribution in [0.25, 0.3) is 0 Å². The Labute approximate surface area is 90.3 Å². The summed E-state index contributed by atoms with van der Waals surface area (Å²) in [5.74, 6) is 0.476. The van der Waals surface area contributed by atoms with E-state index in [2.05, 4.69) is 4.98 Å². The molecule has 0 bridgehead atoms. The van der Waals surface area contributed by atoms with E-state index in [4.69, 9.17) is 4.74 Å². The zero-order valence-electron chi connectivity index (χ0n) is 9.56. The van der Waals surface area contributed by atoms with E-state index in [0.717, 1.165) is 19.4 Å². The molecule has 0 aliphatic heterocycles. The summed E-state index contributed by atoms with van der Waals surface area (Å²) in [7, 11) is 1.57. The second-order valence-electron chi connectivity index (χ2n) is 3.41. The van der Waals surface area contributed by atoms with Gasteiger partial charge in [-0.1, -0.05) is 13.3 Å². The third kappa shape index (κ3) is 2.65. The number of carbonyl (C=O) groups is 1. The Bertz CT molecular complexity index is 320. The van der Waals surface area contributed by atoms with E-state index in [1.165, 1.54) is 0 Å². The summed E-state index contributed by atoms with van der Waals surface area (Å²) < 4.78 is 7.01. The second kappa shape index (κ2) is 5.66. The number of aryl methyl sites for hydroxylation is 1. The molecule has 4 nitrogen and oxygen atoms in total. The predicted molar refractivity (Wildman–Crippen MR) is 57.9 cm³/mol. The van der Waals surface area contributed by atoms with Crippen molar-refractivity contribution in [3.8, 4) is 0 Å². The smallest absolute Gasteiger partial charge is 0.226 e. The van der Waals surface area contributed by atoms with Crippen LogP contribution in [0.4, 0.5) is 0 Å². The van der Waals surface area contributed by atoms with Crippen molar-refractivity contribution < 1.29 is 9.53 Å². The van der Waals surface area contributed by atoms with Crippen LogP contribution in [0, 0.1) is 0 Å². The van der Waals surface area contributed by atoms with Gasteiger partial charge in [0.15, 0.2) is 5.82 Å². The molecule has 0 spiro atoms. The molecule has 0 fully saturated rings. The average Bonchev–Trinajstić information content (AvgIpc) is 2.72. The zero-order chi connectivity index (χ0) is 11.3. The monoisotopic (exact) mass is 210 g/mol. The van der Waals surface area contributed by atoms with Crippen LogP contribution in [0.15, 0.2) is 12.4 Å². The fourth-order valence-corrected chi connectivity index (χ4v) is 1.55. The lowest BCUT2D eigenvalue weighted by Crippen LogP contribution is -2.26. The highest BCUT2D eigenvalue weighted by Gasteiger charge is 2.22. The first-order valence-electron chi connectivity index (χ1n) is 5.32. The number of ketones is 1. The van der Waals surface area contributed by atoms with Gasteiger partial charge < -0.3 is 9.30 Å². The predicted octanol–water partition coefficient (Wildman–Crippen LogP) is 1.90. The molecule has 84 valence electrons. The summed E-state index contributed by atoms with van der Waals surface area (Å²) in [5, 5.41) is 0. The van der Waals surface area contributed by atoms with Gasteiger partial charge in [0.1, 0.15) is 6.10 Å². The van der Waals surface area contributed by atoms with Crippen LogP contribution < -0.4 is 0 Å². The van der Waals surface area contributed by atoms with Gasteiger partial charge in [-0.05, 0) is 13.3 Å². The number of imidazole rings is 1. The van der Waals surface area contributed by atoms with E-state index >= 15 is 0 Å². The Morgan fingerprint density at radius 1 is 1.60 bits per heavy atom. The molecular weight excluding hydrogens is 192 g/mol. The Balaban J connectivity index is 2.82. The number of nitrogens with zero attached hydrogens (tertiary/aromatic N) is 2. The largest absolute Gasteiger partial charge is 0.373 e. The quantitative estimate of drug-likeness (QED) is 0.673. The third-order valence-corrected chi connectivity index (χ3v) is 2.40. The average molecular weight is 210 g/mol. The van der Waals surface area contributed by atoms with Gasteiger partial charge in [-0.15, -0.1) is 0 Å². The van der Waals surface area contributed by atoms with Gasteiger partial charge in [0, 0.05) is 26.0 Å². The van der Waals surface area contributed by atoms with E-state index in [1.54, 1.807) is 13.3 Å². The molecule has 1 aromatic heterocycles. The first-order valence-corrected chi connectivity index (χ1v) is 5.32. The number of carbonyl (C=O) groups excluding carboxylic acids is 1. The molecule has 1 atom stereocenters. The van der Waals surface area contributed by atoms with Crippen LogP contribution in [-0.2, 0) is 11.3 Å². The van der Waals surface area contributed by atoms with Gasteiger partial charge in [-0.25, -0.2) is 4.98 Å². The molecule has 0 aliphatic rings. The van der Waals surface area contributed by atoms with Crippen LogP contribution in [-0.4, -0.2) is 28.5 Å². The zero-order valence-corrected chi connectivity index (χ0v) is 9.56. The van der Waals surface area contributed by atoms with Gasteiger partial charge >= 0.3 is 0 Å². The lowest BCUT2D eigenvalue weighted by atomic mass is 10.1. The van der Waals surface area contributed by atoms with E-state index < -0.39 is 0 Å². The van der Waals surface area contributed by atoms with Crippen LogP contribution in [0.3, 0.4) is 0 Å². The molecule has 0 N–H and O–H groups in total. The maximum absolute atomic E-state index is 12.0. The molecule has 0 aromatic carbocycles. The SMILES string of the molecule is CCCC(OC)C(=O)c1nccn1CC. The van der Waals surface area contributed by atoms with E-state index in [1.807, 2.05) is 24.6 Å². The molecule has 1 aromatic rings. The molecule has 4 heteroatoms. The number of aromatic nitrogens is 2. The topological polar surface area (TPSA) is 44.1 Å². The molecular formula is C11H18N2O2. The summed E-state index contributed by atoms with van der Waals surface area (Å²) in [4.78, 5) is 16.1. The third-order valence-electron chi connectivity index (χ3n) is 2.40. The maximum atomic E-state index is 12.0. The van der Waals surface area contributed by atoms with E-state index in [9.17, 15) is 4.79 Å². The molecule has 0 aliphatic carbocycles. The lowest BCUT2D eigenvalue weighted by molar-refractivity contribution is 0.0564. The summed E-state index contributed by atoms with van der Waals surface area (Å²) in [6.07, 6.45) is 4.77. The van der Waals surface area contributed by atoms with Crippen molar-refractivity contribution in [3.05, 3.63) is 18.2 Å². The highest BCUT2D eigenvalue weighted by atomic mass is 16.5. The number of hydrogen-bond donors (Lipinski definition) is 0. The summed E-state index contributed by atoms with van der Waals surface area (Å²) in [5.41, 5.74) is 0. The number of rotatable bonds is 6. The van der Waals surface area contributed by atoms with Crippen LogP contribution in [0.2, 0.25) is 0 Å². The lowest BCUT2D eigenvalue weighted by Gasteiger charge is -2.13. The van der Waals surface area contributed by atoms with Gasteiger partial charge in [0.05, 0.1) is 0 Å². The summed E-state index contributed by atoms with van der Waals surface area (Å²) in [6.45, 7) is 4.77. The highest BCUT2D eigenvalue weighted by molar-refractivity contribution is 5.96. The molecule has 1 rings (SSSR count). The second-order valence-corrected chi connectivity index (χ2v) is 3.41. The van der Waals surface area contributed by atoms with Crippen molar-refractivity contribution in [1.82, 2.24) is 9.55 Å². The minimum absolute atomic E-state index is 0.0220. The standard InChI is InChI=1S/C11H18N2O2/c1-4-6-9(15-3)10(14)11-12-7-8-13(11)5-2/h7-9H,4-6H2,1-3H3. The fourth-order valence-electron chi connectivity index (χ4n) is 1.55. The van der Waals surface area contributed by atoms with Crippen LogP contribution in [0.5, 0.6) is 0 Å². The molecule has 15 heavy (non-hydrogen) atoms. The molecule has 1 unspecified atom stereocenters. The van der Waals surface area contributed by atoms with E-state index in [0.29, 0.717) is 5.82 Å². The summed E-state index contributed by atoms with van der Waals surface area (Å²) in [6, 6.07) is 0. The van der Waals surface area contributed by atoms with Gasteiger partial charge in [0.2, 0.25) is 5.78 Å². The minimum atomic E-state index is -0.359. The molecule has 0 saturated carbocycles. The fraction of sp³-hybridized carbons (Fsp3) is 0.636. The molecule has 0 saturated heterocycles. The normalized spacial score (nSPS) is 12.7. The van der Waals surface area contributed by atoms with Crippen molar-refractivity contribution in [3.63, 3.8) is 0 Å². The number of Topliss-reactive ketones (excluding diaryl/α,β-unsaturated/α-hetero) is 1. The number of hydrogen-bond acceptors (Lipinski definition) is 3. The van der Waals surface area contributed by atoms with Gasteiger partial charge in [-0.2, -0.15) is 0 Å². The van der Waals surface area contributed by atoms with E-state index in [-0.39, 0.29) is 11.9 Å². The Hall–Kier alpha value is -1.16. The van der Waals surface area contributed by atoms with Crippen molar-refractivity contribution >= 4 is 5.78 Å². The summed E-state index contributed by atoms with van der Waals surface area (Å²) >= 11 is 0. The van der Waals surface area contributed by atoms with Gasteiger partial charge in [-0.3, -0.25) is 4.79 Å². The number of methoxy groups -OCH3 is 1. The molecule has 0 radical (unpaired) electrons. The Morgan fingerprint density at radius 2 is 2.33 bits per heavy atom. The van der Waals surface area contributed by atoms with Gasteiger partial charge in [0.25, 0.3) is 0 Å². The highest BCUT2D eigenvalue weighted by Crippen LogP contribution is 2.09. The van der Waals surface area contributed by atoms with Crippen molar-refractivity contribution in [2.24, 2.45) is 0 Å². The van der Waals surface area contributed by atoms with Crippen molar-refractivity contribution in [2.45, 2.75) is 39.3 Å². The molecule has 0 amide bonds. The Morgan fingerprint density at radius 3 is 2.87 bits per heavy atom. The van der Waals surface area contributed by atoms with Crippen LogP contribution in [0.1, 0.15) is 37.3 Å². The first-order chi connectivity index (χ1) is 7.24. The van der Waals surface area contributed by atoms with Crippen molar-refractivity contribution in [1.29, 1.82) is 0 Å². The number of ether oxygens (including phenoxy) is 1. The van der Waals surface area contributed by atoms with Crippen LogP contribution >= 0.6 is 0 Å².